The summed E-state index contributed by atoms with van der Waals surface area (Å²) in [5, 5.41) is 7.90. The van der Waals surface area contributed by atoms with Crippen molar-refractivity contribution < 1.29 is 28.7 Å². The van der Waals surface area contributed by atoms with Gasteiger partial charge in [0.15, 0.2) is 0 Å². The van der Waals surface area contributed by atoms with Crippen LogP contribution in [0.15, 0.2) is 24.3 Å². The highest BCUT2D eigenvalue weighted by Crippen LogP contribution is 2.11. The zero-order chi connectivity index (χ0) is 25.9. The molecule has 0 fully saturated rings. The monoisotopic (exact) mass is 474 g/mol. The maximum absolute atomic E-state index is 12.6. The Bertz CT molecular complexity index is 839. The molecule has 0 bridgehead atoms. The number of amides is 3. The lowest BCUT2D eigenvalue weighted by Gasteiger charge is -2.24. The molecule has 2 atom stereocenters. The van der Waals surface area contributed by atoms with Crippen molar-refractivity contribution in [2.24, 2.45) is 11.7 Å². The first-order valence-corrected chi connectivity index (χ1v) is 11.1. The number of carbonyl (C=O) groups is 4. The molecule has 2 unspecified atom stereocenters. The number of hydrogen-bond donors (Lipinski definition) is 4. The second-order valence-electron chi connectivity index (χ2n) is 9.17. The normalized spacial score (nSPS) is 13.0. The number of anilines is 1. The van der Waals surface area contributed by atoms with Gasteiger partial charge in [0, 0.05) is 11.2 Å². The lowest BCUT2D eigenvalue weighted by atomic mass is 10.0. The summed E-state index contributed by atoms with van der Waals surface area (Å²) in [6.07, 6.45) is -0.286. The Kier molecular flexibility index (Phi) is 11.7. The minimum Gasteiger partial charge on any atom is -0.470 e. The van der Waals surface area contributed by atoms with Crippen LogP contribution in [0.1, 0.15) is 46.6 Å². The highest BCUT2D eigenvalue weighted by Gasteiger charge is 2.25. The average Bonchev–Trinajstić information content (AvgIpc) is 2.73. The molecule has 1 aromatic carbocycles. The number of benzene rings is 1. The average molecular weight is 474 g/mol. The zero-order valence-corrected chi connectivity index (χ0v) is 20.5. The molecular weight excluding hydrogens is 439 g/mol. The van der Waals surface area contributed by atoms with Gasteiger partial charge < -0.3 is 31.2 Å². The van der Waals surface area contributed by atoms with Crippen LogP contribution in [0, 0.1) is 5.92 Å². The maximum Gasteiger partial charge on any atom is 0.243 e. The maximum atomic E-state index is 12.6. The summed E-state index contributed by atoms with van der Waals surface area (Å²) in [5.41, 5.74) is 6.58. The van der Waals surface area contributed by atoms with Gasteiger partial charge in [-0.1, -0.05) is 26.0 Å². The van der Waals surface area contributed by atoms with E-state index in [4.69, 9.17) is 23.1 Å². The SMILES string of the molecule is [B]C(=O)OCc1ccc(NC(=O)CNC(=O)C(NC(=O)CC(C)OCC(C)(C)N)C(C)C)cc1. The Balaban J connectivity index is 2.51. The lowest BCUT2D eigenvalue weighted by Crippen LogP contribution is -2.51. The molecule has 11 heteroatoms. The predicted molar refractivity (Wildman–Crippen MR) is 129 cm³/mol. The summed E-state index contributed by atoms with van der Waals surface area (Å²) in [6, 6.07) is 5.79. The standard InChI is InChI=1S/C23H35BN4O6/c1-14(2)20(28-18(29)10-15(3)34-13-23(4,5)25)21(31)26-11-19(30)27-17-8-6-16(7-9-17)12-33-22(24)32/h6-9,14-15,20H,10-13,25H2,1-5H3,(H,26,31)(H,27,30)(H,28,29). The van der Waals surface area contributed by atoms with Crippen LogP contribution < -0.4 is 21.7 Å². The van der Waals surface area contributed by atoms with Crippen molar-refractivity contribution in [1.82, 2.24) is 10.6 Å². The van der Waals surface area contributed by atoms with Gasteiger partial charge in [0.2, 0.25) is 31.4 Å². The highest BCUT2D eigenvalue weighted by molar-refractivity contribution is 6.55. The second kappa shape index (κ2) is 13.7. The van der Waals surface area contributed by atoms with E-state index < -0.39 is 29.3 Å². The third-order valence-electron chi connectivity index (χ3n) is 4.52. The molecule has 5 N–H and O–H groups in total. The predicted octanol–water partition coefficient (Wildman–Crippen LogP) is 1.22. The van der Waals surface area contributed by atoms with Crippen LogP contribution in [0.4, 0.5) is 10.5 Å². The van der Waals surface area contributed by atoms with Gasteiger partial charge in [-0.15, -0.1) is 0 Å². The van der Waals surface area contributed by atoms with Gasteiger partial charge in [0.05, 0.1) is 25.7 Å². The van der Waals surface area contributed by atoms with E-state index in [2.05, 4.69) is 16.0 Å². The molecule has 0 aliphatic heterocycles. The van der Waals surface area contributed by atoms with Crippen molar-refractivity contribution in [2.45, 2.75) is 65.3 Å². The third kappa shape index (κ3) is 12.4. The molecule has 186 valence electrons. The van der Waals surface area contributed by atoms with Crippen molar-refractivity contribution in [3.8, 4) is 0 Å². The fraction of sp³-hybridized carbons (Fsp3) is 0.565. The number of nitrogens with one attached hydrogen (secondary N) is 3. The Morgan fingerprint density at radius 1 is 1.06 bits per heavy atom. The molecule has 2 radical (unpaired) electrons. The van der Waals surface area contributed by atoms with Gasteiger partial charge >= 0.3 is 0 Å². The summed E-state index contributed by atoms with van der Waals surface area (Å²) in [6.45, 7) is 9.06. The smallest absolute Gasteiger partial charge is 0.243 e. The van der Waals surface area contributed by atoms with Gasteiger partial charge in [-0.25, -0.2) is 0 Å². The lowest BCUT2D eigenvalue weighted by molar-refractivity contribution is -0.132. The molecule has 0 saturated carbocycles. The first-order chi connectivity index (χ1) is 15.8. The van der Waals surface area contributed by atoms with E-state index in [1.54, 1.807) is 45.0 Å². The Morgan fingerprint density at radius 3 is 2.21 bits per heavy atom. The number of hydrogen-bond acceptors (Lipinski definition) is 7. The van der Waals surface area contributed by atoms with E-state index in [0.717, 1.165) is 0 Å². The minimum atomic E-state index is -0.873. The quantitative estimate of drug-likeness (QED) is 0.314. The molecule has 0 saturated heterocycles. The van der Waals surface area contributed by atoms with Crippen LogP contribution in [-0.2, 0) is 30.5 Å². The Hall–Kier alpha value is -2.92. The minimum absolute atomic E-state index is 0.0256. The fourth-order valence-electron chi connectivity index (χ4n) is 2.77. The van der Waals surface area contributed by atoms with Gasteiger partial charge in [0.25, 0.3) is 0 Å². The molecule has 34 heavy (non-hydrogen) atoms. The number of ether oxygens (including phenoxy) is 2. The fourth-order valence-corrected chi connectivity index (χ4v) is 2.77. The van der Waals surface area contributed by atoms with E-state index in [1.807, 2.05) is 13.8 Å². The van der Waals surface area contributed by atoms with Crippen LogP contribution >= 0.6 is 0 Å². The molecule has 0 aliphatic rings. The van der Waals surface area contributed by atoms with Crippen molar-refractivity contribution in [3.63, 3.8) is 0 Å². The summed E-state index contributed by atoms with van der Waals surface area (Å²) < 4.78 is 10.3. The van der Waals surface area contributed by atoms with Gasteiger partial charge in [-0.2, -0.15) is 0 Å². The molecule has 3 amide bonds. The first kappa shape index (κ1) is 29.1. The number of rotatable bonds is 13. The van der Waals surface area contributed by atoms with Gasteiger partial charge in [-0.05, 0) is 44.4 Å². The van der Waals surface area contributed by atoms with E-state index in [0.29, 0.717) is 17.9 Å². The molecule has 1 rings (SSSR count). The molecule has 0 heterocycles. The number of nitrogens with two attached hydrogens (primary N) is 1. The first-order valence-electron chi connectivity index (χ1n) is 11.1. The molecular formula is C23H35BN4O6. The Morgan fingerprint density at radius 2 is 1.68 bits per heavy atom. The van der Waals surface area contributed by atoms with E-state index >= 15 is 0 Å². The van der Waals surface area contributed by atoms with E-state index in [-0.39, 0.29) is 37.5 Å². The zero-order valence-electron chi connectivity index (χ0n) is 20.5. The summed E-state index contributed by atoms with van der Waals surface area (Å²) in [7, 11) is 4.92. The van der Waals surface area contributed by atoms with E-state index in [9.17, 15) is 19.2 Å². The van der Waals surface area contributed by atoms with Gasteiger partial charge in [-0.3, -0.25) is 19.2 Å². The van der Waals surface area contributed by atoms with Crippen molar-refractivity contribution in [1.29, 1.82) is 0 Å². The molecule has 10 nitrogen and oxygen atoms in total. The highest BCUT2D eigenvalue weighted by atomic mass is 16.5. The van der Waals surface area contributed by atoms with E-state index in [1.165, 1.54) is 0 Å². The van der Waals surface area contributed by atoms with Crippen LogP contribution in [0.5, 0.6) is 0 Å². The topological polar surface area (TPSA) is 149 Å². The second-order valence-corrected chi connectivity index (χ2v) is 9.17. The summed E-state index contributed by atoms with van der Waals surface area (Å²) in [4.78, 5) is 47.8. The van der Waals surface area contributed by atoms with Crippen LogP contribution in [0.2, 0.25) is 0 Å². The Labute approximate surface area is 202 Å². The van der Waals surface area contributed by atoms with Crippen molar-refractivity contribution >= 4 is 37.1 Å². The number of carbonyl (C=O) groups excluding carboxylic acids is 4. The summed E-state index contributed by atoms with van der Waals surface area (Å²) >= 11 is 0. The molecule has 1 aromatic rings. The van der Waals surface area contributed by atoms with Crippen molar-refractivity contribution in [3.05, 3.63) is 29.8 Å². The van der Waals surface area contributed by atoms with Crippen LogP contribution in [0.3, 0.4) is 0 Å². The van der Waals surface area contributed by atoms with Crippen molar-refractivity contribution in [2.75, 3.05) is 18.5 Å². The molecule has 0 aromatic heterocycles. The third-order valence-corrected chi connectivity index (χ3v) is 4.52. The van der Waals surface area contributed by atoms with Crippen LogP contribution in [-0.4, -0.2) is 62.3 Å². The van der Waals surface area contributed by atoms with Gasteiger partial charge in [0.1, 0.15) is 12.6 Å². The summed E-state index contributed by atoms with van der Waals surface area (Å²) in [5.74, 6) is -2.30. The molecule has 0 aliphatic carbocycles. The largest absolute Gasteiger partial charge is 0.470 e. The van der Waals surface area contributed by atoms with Crippen LogP contribution in [0.25, 0.3) is 0 Å². The molecule has 0 spiro atoms.